The molecule has 108 valence electrons. The lowest BCUT2D eigenvalue weighted by Gasteiger charge is -2.15. The Hall–Kier alpha value is -1.42. The van der Waals surface area contributed by atoms with E-state index in [2.05, 4.69) is 5.32 Å². The maximum absolute atomic E-state index is 12.2. The number of hydrogen-bond donors (Lipinski definition) is 1. The van der Waals surface area contributed by atoms with Crippen LogP contribution in [0.15, 0.2) is 29.2 Å². The third-order valence-electron chi connectivity index (χ3n) is 3.48. The van der Waals surface area contributed by atoms with Gasteiger partial charge in [0.25, 0.3) is 0 Å². The molecular formula is C14H18N2O3S. The minimum Gasteiger partial charge on any atom is -0.377 e. The summed E-state index contributed by atoms with van der Waals surface area (Å²) < 4.78 is 29.8. The number of sulfone groups is 1. The Bertz CT molecular complexity index is 607. The SMILES string of the molecule is CC1OCCC1NCCS(=O)(=O)c1cccc(C#N)c1. The van der Waals surface area contributed by atoms with Crippen LogP contribution in [0.3, 0.4) is 0 Å². The van der Waals surface area contributed by atoms with Gasteiger partial charge in [0.2, 0.25) is 0 Å². The third-order valence-corrected chi connectivity index (χ3v) is 5.19. The van der Waals surface area contributed by atoms with E-state index < -0.39 is 9.84 Å². The first kappa shape index (κ1) is 15.0. The summed E-state index contributed by atoms with van der Waals surface area (Å²) in [4.78, 5) is 0.203. The molecule has 0 radical (unpaired) electrons. The first-order valence-electron chi connectivity index (χ1n) is 6.61. The molecule has 2 rings (SSSR count). The second-order valence-electron chi connectivity index (χ2n) is 4.88. The molecule has 1 N–H and O–H groups in total. The second-order valence-corrected chi connectivity index (χ2v) is 6.99. The van der Waals surface area contributed by atoms with Gasteiger partial charge in [0.1, 0.15) is 0 Å². The van der Waals surface area contributed by atoms with Gasteiger partial charge in [-0.05, 0) is 31.5 Å². The largest absolute Gasteiger partial charge is 0.377 e. The van der Waals surface area contributed by atoms with E-state index in [-0.39, 0.29) is 22.8 Å². The molecule has 1 aromatic carbocycles. The van der Waals surface area contributed by atoms with Crippen molar-refractivity contribution in [2.75, 3.05) is 18.9 Å². The fourth-order valence-electron chi connectivity index (χ4n) is 2.26. The van der Waals surface area contributed by atoms with Crippen molar-refractivity contribution < 1.29 is 13.2 Å². The Morgan fingerprint density at radius 3 is 2.95 bits per heavy atom. The van der Waals surface area contributed by atoms with Crippen LogP contribution in [0.4, 0.5) is 0 Å². The van der Waals surface area contributed by atoms with E-state index in [4.69, 9.17) is 10.00 Å². The summed E-state index contributed by atoms with van der Waals surface area (Å²) in [6.07, 6.45) is 1.03. The Balaban J connectivity index is 1.95. The molecule has 1 fully saturated rings. The van der Waals surface area contributed by atoms with E-state index in [9.17, 15) is 8.42 Å². The lowest BCUT2D eigenvalue weighted by Crippen LogP contribution is -2.37. The molecule has 20 heavy (non-hydrogen) atoms. The van der Waals surface area contributed by atoms with E-state index in [0.717, 1.165) is 13.0 Å². The second kappa shape index (κ2) is 6.35. The summed E-state index contributed by atoms with van der Waals surface area (Å²) in [5, 5.41) is 12.0. The highest BCUT2D eigenvalue weighted by Crippen LogP contribution is 2.14. The molecule has 1 heterocycles. The Morgan fingerprint density at radius 2 is 2.30 bits per heavy atom. The molecule has 1 aliphatic rings. The number of ether oxygens (including phenoxy) is 1. The first-order chi connectivity index (χ1) is 9.53. The Kier molecular flexibility index (Phi) is 4.76. The van der Waals surface area contributed by atoms with Gasteiger partial charge in [0.05, 0.1) is 28.4 Å². The molecule has 1 aromatic rings. The highest BCUT2D eigenvalue weighted by molar-refractivity contribution is 7.91. The highest BCUT2D eigenvalue weighted by Gasteiger charge is 2.24. The quantitative estimate of drug-likeness (QED) is 0.879. The van der Waals surface area contributed by atoms with Crippen molar-refractivity contribution in [3.63, 3.8) is 0 Å². The molecule has 0 spiro atoms. The number of rotatable bonds is 5. The van der Waals surface area contributed by atoms with E-state index in [1.807, 2.05) is 13.0 Å². The summed E-state index contributed by atoms with van der Waals surface area (Å²) in [6, 6.07) is 8.29. The summed E-state index contributed by atoms with van der Waals surface area (Å²) >= 11 is 0. The minimum atomic E-state index is -3.36. The molecule has 2 unspecified atom stereocenters. The first-order valence-corrected chi connectivity index (χ1v) is 8.26. The van der Waals surface area contributed by atoms with Gasteiger partial charge in [-0.3, -0.25) is 0 Å². The molecule has 1 aliphatic heterocycles. The number of hydrogen-bond acceptors (Lipinski definition) is 5. The van der Waals surface area contributed by atoms with E-state index in [1.165, 1.54) is 12.1 Å². The normalized spacial score (nSPS) is 22.6. The molecule has 0 aromatic heterocycles. The third kappa shape index (κ3) is 3.57. The van der Waals surface area contributed by atoms with Crippen molar-refractivity contribution in [1.82, 2.24) is 5.32 Å². The predicted octanol–water partition coefficient (Wildman–Crippen LogP) is 1.10. The highest BCUT2D eigenvalue weighted by atomic mass is 32.2. The van der Waals surface area contributed by atoms with Crippen LogP contribution in [0.2, 0.25) is 0 Å². The van der Waals surface area contributed by atoms with Crippen LogP contribution < -0.4 is 5.32 Å². The topological polar surface area (TPSA) is 79.2 Å². The van der Waals surface area contributed by atoms with E-state index in [0.29, 0.717) is 12.1 Å². The molecule has 0 amide bonds. The van der Waals surface area contributed by atoms with Crippen molar-refractivity contribution in [1.29, 1.82) is 5.26 Å². The molecule has 0 aliphatic carbocycles. The van der Waals surface area contributed by atoms with Gasteiger partial charge in [0, 0.05) is 19.2 Å². The molecular weight excluding hydrogens is 276 g/mol. The number of nitriles is 1. The van der Waals surface area contributed by atoms with Gasteiger partial charge in [-0.25, -0.2) is 8.42 Å². The van der Waals surface area contributed by atoms with Gasteiger partial charge in [0.15, 0.2) is 9.84 Å². The maximum atomic E-state index is 12.2. The van der Waals surface area contributed by atoms with Crippen LogP contribution in [-0.4, -0.2) is 39.5 Å². The van der Waals surface area contributed by atoms with Crippen LogP contribution in [0.1, 0.15) is 18.9 Å². The lowest BCUT2D eigenvalue weighted by atomic mass is 10.2. The zero-order valence-corrected chi connectivity index (χ0v) is 12.2. The Morgan fingerprint density at radius 1 is 1.50 bits per heavy atom. The molecule has 0 bridgehead atoms. The fourth-order valence-corrected chi connectivity index (χ4v) is 3.47. The summed E-state index contributed by atoms with van der Waals surface area (Å²) in [5.41, 5.74) is 0.358. The van der Waals surface area contributed by atoms with Gasteiger partial charge >= 0.3 is 0 Å². The minimum absolute atomic E-state index is 0.0190. The summed E-state index contributed by atoms with van der Waals surface area (Å²) in [5.74, 6) is 0.0190. The Labute approximate surface area is 119 Å². The van der Waals surface area contributed by atoms with Crippen molar-refractivity contribution in [2.24, 2.45) is 0 Å². The van der Waals surface area contributed by atoms with Gasteiger partial charge in [-0.15, -0.1) is 0 Å². The van der Waals surface area contributed by atoms with Crippen LogP contribution in [0.25, 0.3) is 0 Å². The number of benzene rings is 1. The van der Waals surface area contributed by atoms with Gasteiger partial charge in [-0.1, -0.05) is 6.07 Å². The molecule has 0 saturated carbocycles. The van der Waals surface area contributed by atoms with Crippen molar-refractivity contribution >= 4 is 9.84 Å². The molecule has 2 atom stereocenters. The van der Waals surface area contributed by atoms with Crippen molar-refractivity contribution in [3.05, 3.63) is 29.8 Å². The molecule has 1 saturated heterocycles. The van der Waals surface area contributed by atoms with E-state index >= 15 is 0 Å². The molecule has 6 heteroatoms. The van der Waals surface area contributed by atoms with Crippen LogP contribution >= 0.6 is 0 Å². The average Bonchev–Trinajstić information content (AvgIpc) is 2.84. The number of nitrogens with zero attached hydrogens (tertiary/aromatic N) is 1. The zero-order chi connectivity index (χ0) is 14.6. The fraction of sp³-hybridized carbons (Fsp3) is 0.500. The monoisotopic (exact) mass is 294 g/mol. The lowest BCUT2D eigenvalue weighted by molar-refractivity contribution is 0.113. The van der Waals surface area contributed by atoms with Crippen LogP contribution in [-0.2, 0) is 14.6 Å². The summed E-state index contributed by atoms with van der Waals surface area (Å²) in [6.45, 7) is 3.09. The predicted molar refractivity (Wildman–Crippen MR) is 75.0 cm³/mol. The van der Waals surface area contributed by atoms with Crippen LogP contribution in [0.5, 0.6) is 0 Å². The van der Waals surface area contributed by atoms with Gasteiger partial charge < -0.3 is 10.1 Å². The van der Waals surface area contributed by atoms with Crippen molar-refractivity contribution in [3.8, 4) is 6.07 Å². The smallest absolute Gasteiger partial charge is 0.179 e. The zero-order valence-electron chi connectivity index (χ0n) is 11.4. The maximum Gasteiger partial charge on any atom is 0.179 e. The molecule has 5 nitrogen and oxygen atoms in total. The van der Waals surface area contributed by atoms with Crippen molar-refractivity contribution in [2.45, 2.75) is 30.4 Å². The average molecular weight is 294 g/mol. The number of nitrogens with one attached hydrogen (secondary N) is 1. The van der Waals surface area contributed by atoms with Gasteiger partial charge in [-0.2, -0.15) is 5.26 Å². The van der Waals surface area contributed by atoms with Crippen LogP contribution in [0, 0.1) is 11.3 Å². The summed E-state index contributed by atoms with van der Waals surface area (Å²) in [7, 11) is -3.36. The standard InChI is InChI=1S/C14H18N2O3S/c1-11-14(5-7-19-11)16-6-8-20(17,18)13-4-2-3-12(9-13)10-15/h2-4,9,11,14,16H,5-8H2,1H3. The van der Waals surface area contributed by atoms with E-state index in [1.54, 1.807) is 12.1 Å².